The molecule has 1 aliphatic heterocycles. The van der Waals surface area contributed by atoms with Crippen LogP contribution in [0.5, 0.6) is 0 Å². The van der Waals surface area contributed by atoms with Crippen molar-refractivity contribution in [3.63, 3.8) is 0 Å². The van der Waals surface area contributed by atoms with E-state index in [2.05, 4.69) is 44.3 Å². The van der Waals surface area contributed by atoms with Crippen molar-refractivity contribution in [3.05, 3.63) is 34.9 Å². The summed E-state index contributed by atoms with van der Waals surface area (Å²) in [6.07, 6.45) is 2.30. The molecule has 1 unspecified atom stereocenters. The smallest absolute Gasteiger partial charge is 0.0538 e. The van der Waals surface area contributed by atoms with Crippen LogP contribution in [0.2, 0.25) is 0 Å². The molecule has 0 spiro atoms. The Morgan fingerprint density at radius 3 is 2.50 bits per heavy atom. The van der Waals surface area contributed by atoms with Crippen molar-refractivity contribution in [1.29, 1.82) is 0 Å². The van der Waals surface area contributed by atoms with Crippen molar-refractivity contribution in [2.75, 3.05) is 26.3 Å². The molecule has 1 aromatic carbocycles. The van der Waals surface area contributed by atoms with Gasteiger partial charge >= 0.3 is 0 Å². The fraction of sp³-hybridized carbons (Fsp3) is 0.625. The number of ether oxygens (including phenoxy) is 1. The average molecular weight is 247 g/mol. The van der Waals surface area contributed by atoms with Gasteiger partial charge in [0.2, 0.25) is 0 Å². The Morgan fingerprint density at radius 2 is 1.94 bits per heavy atom. The van der Waals surface area contributed by atoms with Gasteiger partial charge in [-0.1, -0.05) is 36.2 Å². The molecule has 0 saturated carbocycles. The van der Waals surface area contributed by atoms with Gasteiger partial charge in [-0.2, -0.15) is 0 Å². The average Bonchev–Trinajstić information content (AvgIpc) is 2.74. The van der Waals surface area contributed by atoms with Gasteiger partial charge in [-0.25, -0.2) is 0 Å². The normalized spacial score (nSPS) is 23.5. The Hall–Kier alpha value is -0.860. The highest BCUT2D eigenvalue weighted by atomic mass is 16.5. The first-order valence-corrected chi connectivity index (χ1v) is 6.99. The van der Waals surface area contributed by atoms with Crippen LogP contribution in [-0.4, -0.2) is 26.3 Å². The van der Waals surface area contributed by atoms with Crippen molar-refractivity contribution in [3.8, 4) is 0 Å². The van der Waals surface area contributed by atoms with Crippen molar-refractivity contribution < 1.29 is 4.74 Å². The summed E-state index contributed by atoms with van der Waals surface area (Å²) in [6, 6.07) is 6.88. The molecule has 1 heterocycles. The van der Waals surface area contributed by atoms with Gasteiger partial charge in [0.15, 0.2) is 0 Å². The quantitative estimate of drug-likeness (QED) is 0.864. The van der Waals surface area contributed by atoms with Crippen LogP contribution >= 0.6 is 0 Å². The number of benzene rings is 1. The number of hydrogen-bond donors (Lipinski definition) is 1. The summed E-state index contributed by atoms with van der Waals surface area (Å²) in [5.41, 5.74) is 4.48. The molecule has 1 aliphatic rings. The molecule has 0 aromatic heterocycles. The third kappa shape index (κ3) is 3.33. The monoisotopic (exact) mass is 247 g/mol. The highest BCUT2D eigenvalue weighted by Crippen LogP contribution is 2.32. The van der Waals surface area contributed by atoms with Gasteiger partial charge in [-0.05, 0) is 38.8 Å². The second kappa shape index (κ2) is 5.85. The van der Waals surface area contributed by atoms with Crippen LogP contribution < -0.4 is 5.32 Å². The molecule has 1 fully saturated rings. The number of rotatable bonds is 5. The van der Waals surface area contributed by atoms with E-state index in [0.29, 0.717) is 5.41 Å². The van der Waals surface area contributed by atoms with Crippen LogP contribution in [0.3, 0.4) is 0 Å². The second-order valence-electron chi connectivity index (χ2n) is 5.76. The molecular formula is C16H25NO. The summed E-state index contributed by atoms with van der Waals surface area (Å²) in [4.78, 5) is 0. The molecule has 1 atom stereocenters. The maximum atomic E-state index is 5.65. The molecule has 0 radical (unpaired) electrons. The molecule has 2 heteroatoms. The SMILES string of the molecule is CCNCC1(Cc2cc(C)cc(C)c2)CCOC1. The first kappa shape index (κ1) is 13.6. The van der Waals surface area contributed by atoms with E-state index in [9.17, 15) is 0 Å². The van der Waals surface area contributed by atoms with E-state index in [4.69, 9.17) is 4.74 Å². The zero-order chi connectivity index (χ0) is 13.0. The predicted molar refractivity (Wildman–Crippen MR) is 76.0 cm³/mol. The molecule has 18 heavy (non-hydrogen) atoms. The van der Waals surface area contributed by atoms with E-state index < -0.39 is 0 Å². The lowest BCUT2D eigenvalue weighted by molar-refractivity contribution is 0.149. The Kier molecular flexibility index (Phi) is 4.41. The minimum absolute atomic E-state index is 0.302. The highest BCUT2D eigenvalue weighted by Gasteiger charge is 2.34. The molecule has 1 aromatic rings. The third-order valence-electron chi connectivity index (χ3n) is 3.80. The molecule has 100 valence electrons. The van der Waals surface area contributed by atoms with E-state index in [0.717, 1.165) is 32.7 Å². The van der Waals surface area contributed by atoms with Crippen LogP contribution in [0.1, 0.15) is 30.0 Å². The molecule has 0 amide bonds. The van der Waals surface area contributed by atoms with Crippen molar-refractivity contribution in [2.24, 2.45) is 5.41 Å². The van der Waals surface area contributed by atoms with E-state index in [1.807, 2.05) is 0 Å². The van der Waals surface area contributed by atoms with Gasteiger partial charge < -0.3 is 10.1 Å². The molecule has 0 bridgehead atoms. The Balaban J connectivity index is 2.12. The van der Waals surface area contributed by atoms with Crippen LogP contribution in [0.4, 0.5) is 0 Å². The van der Waals surface area contributed by atoms with E-state index in [-0.39, 0.29) is 0 Å². The van der Waals surface area contributed by atoms with Gasteiger partial charge in [0.25, 0.3) is 0 Å². The molecule has 2 nitrogen and oxygen atoms in total. The zero-order valence-electron chi connectivity index (χ0n) is 11.9. The maximum absolute atomic E-state index is 5.65. The Morgan fingerprint density at radius 1 is 1.22 bits per heavy atom. The second-order valence-corrected chi connectivity index (χ2v) is 5.76. The van der Waals surface area contributed by atoms with Crippen molar-refractivity contribution in [2.45, 2.75) is 33.6 Å². The lowest BCUT2D eigenvalue weighted by Crippen LogP contribution is -2.36. The fourth-order valence-corrected chi connectivity index (χ4v) is 2.99. The summed E-state index contributed by atoms with van der Waals surface area (Å²) in [7, 11) is 0. The molecule has 1 saturated heterocycles. The lowest BCUT2D eigenvalue weighted by Gasteiger charge is -2.28. The van der Waals surface area contributed by atoms with Gasteiger partial charge in [-0.3, -0.25) is 0 Å². The third-order valence-corrected chi connectivity index (χ3v) is 3.80. The van der Waals surface area contributed by atoms with E-state index >= 15 is 0 Å². The van der Waals surface area contributed by atoms with Crippen molar-refractivity contribution in [1.82, 2.24) is 5.32 Å². The summed E-state index contributed by atoms with van der Waals surface area (Å²) >= 11 is 0. The molecule has 0 aliphatic carbocycles. The maximum Gasteiger partial charge on any atom is 0.0538 e. The minimum atomic E-state index is 0.302. The zero-order valence-corrected chi connectivity index (χ0v) is 11.9. The Bertz CT molecular complexity index is 374. The molecular weight excluding hydrogens is 222 g/mol. The van der Waals surface area contributed by atoms with Crippen LogP contribution in [0.15, 0.2) is 18.2 Å². The first-order chi connectivity index (χ1) is 8.63. The van der Waals surface area contributed by atoms with Crippen LogP contribution in [-0.2, 0) is 11.2 Å². The van der Waals surface area contributed by atoms with Gasteiger partial charge in [0.05, 0.1) is 6.61 Å². The molecule has 2 rings (SSSR count). The van der Waals surface area contributed by atoms with Crippen molar-refractivity contribution >= 4 is 0 Å². The van der Waals surface area contributed by atoms with Gasteiger partial charge in [0, 0.05) is 18.6 Å². The summed E-state index contributed by atoms with van der Waals surface area (Å²) < 4.78 is 5.65. The van der Waals surface area contributed by atoms with Crippen LogP contribution in [0.25, 0.3) is 0 Å². The summed E-state index contributed by atoms with van der Waals surface area (Å²) in [5, 5.41) is 3.50. The van der Waals surface area contributed by atoms with E-state index in [1.54, 1.807) is 0 Å². The van der Waals surface area contributed by atoms with Gasteiger partial charge in [-0.15, -0.1) is 0 Å². The first-order valence-electron chi connectivity index (χ1n) is 6.99. The lowest BCUT2D eigenvalue weighted by atomic mass is 9.80. The predicted octanol–water partition coefficient (Wildman–Crippen LogP) is 2.86. The molecule has 1 N–H and O–H groups in total. The Labute approximate surface area is 111 Å². The van der Waals surface area contributed by atoms with E-state index in [1.165, 1.54) is 23.1 Å². The standard InChI is InChI=1S/C16H25NO/c1-4-17-11-16(5-6-18-12-16)10-15-8-13(2)7-14(3)9-15/h7-9,17H,4-6,10-12H2,1-3H3. The van der Waals surface area contributed by atoms with Gasteiger partial charge in [0.1, 0.15) is 0 Å². The van der Waals surface area contributed by atoms with Crippen LogP contribution in [0, 0.1) is 19.3 Å². The summed E-state index contributed by atoms with van der Waals surface area (Å²) in [6.45, 7) is 10.4. The fourth-order valence-electron chi connectivity index (χ4n) is 2.99. The summed E-state index contributed by atoms with van der Waals surface area (Å²) in [5.74, 6) is 0. The highest BCUT2D eigenvalue weighted by molar-refractivity contribution is 5.29. The minimum Gasteiger partial charge on any atom is -0.381 e. The number of nitrogens with one attached hydrogen (secondary N) is 1. The number of hydrogen-bond acceptors (Lipinski definition) is 2. The largest absolute Gasteiger partial charge is 0.381 e. The number of aryl methyl sites for hydroxylation is 2. The topological polar surface area (TPSA) is 21.3 Å².